The molecule has 2 saturated heterocycles. The van der Waals surface area contributed by atoms with Crippen LogP contribution in [0, 0.1) is 5.92 Å². The first-order valence-electron chi connectivity index (χ1n) is 8.81. The number of amides is 1. The number of hydrogen-bond acceptors (Lipinski definition) is 4. The van der Waals surface area contributed by atoms with Gasteiger partial charge < -0.3 is 9.80 Å². The van der Waals surface area contributed by atoms with Crippen LogP contribution in [0.1, 0.15) is 37.3 Å². The molecule has 0 radical (unpaired) electrons. The average Bonchev–Trinajstić information content (AvgIpc) is 3.33. The number of carbonyl (C=O) groups is 1. The SMILES string of the molecule is O=C(C1CCCN(c2ccccn2)C1)N1CCCC1c1ccsc1. The predicted molar refractivity (Wildman–Crippen MR) is 97.2 cm³/mol. The molecule has 2 atom stereocenters. The second-order valence-corrected chi connectivity index (χ2v) is 7.50. The molecule has 0 N–H and O–H groups in total. The van der Waals surface area contributed by atoms with Gasteiger partial charge in [0.1, 0.15) is 5.82 Å². The monoisotopic (exact) mass is 341 g/mol. The lowest BCUT2D eigenvalue weighted by Gasteiger charge is -2.36. The molecule has 5 heteroatoms. The molecule has 0 bridgehead atoms. The number of carbonyl (C=O) groups excluding carboxylic acids is 1. The Kier molecular flexibility index (Phi) is 4.52. The van der Waals surface area contributed by atoms with Gasteiger partial charge in [-0.1, -0.05) is 6.07 Å². The lowest BCUT2D eigenvalue weighted by atomic mass is 9.95. The maximum Gasteiger partial charge on any atom is 0.227 e. The molecule has 24 heavy (non-hydrogen) atoms. The summed E-state index contributed by atoms with van der Waals surface area (Å²) in [6, 6.07) is 8.44. The van der Waals surface area contributed by atoms with Crippen LogP contribution in [0.15, 0.2) is 41.2 Å². The van der Waals surface area contributed by atoms with Crippen LogP contribution < -0.4 is 4.90 Å². The summed E-state index contributed by atoms with van der Waals surface area (Å²) < 4.78 is 0. The Morgan fingerprint density at radius 2 is 2.08 bits per heavy atom. The van der Waals surface area contributed by atoms with E-state index >= 15 is 0 Å². The molecule has 2 aliphatic rings. The third-order valence-electron chi connectivity index (χ3n) is 5.21. The van der Waals surface area contributed by atoms with Crippen molar-refractivity contribution in [1.82, 2.24) is 9.88 Å². The fraction of sp³-hybridized carbons (Fsp3) is 0.474. The smallest absolute Gasteiger partial charge is 0.227 e. The van der Waals surface area contributed by atoms with Gasteiger partial charge in [0.05, 0.1) is 12.0 Å². The van der Waals surface area contributed by atoms with Crippen molar-refractivity contribution in [3.05, 3.63) is 46.8 Å². The Morgan fingerprint density at radius 3 is 2.88 bits per heavy atom. The van der Waals surface area contributed by atoms with Gasteiger partial charge in [0.25, 0.3) is 0 Å². The van der Waals surface area contributed by atoms with Crippen LogP contribution in [0.5, 0.6) is 0 Å². The lowest BCUT2D eigenvalue weighted by Crippen LogP contribution is -2.44. The number of anilines is 1. The minimum absolute atomic E-state index is 0.0972. The highest BCUT2D eigenvalue weighted by Gasteiger charge is 2.36. The molecule has 1 amide bonds. The minimum atomic E-state index is 0.0972. The third kappa shape index (κ3) is 3.05. The fourth-order valence-corrected chi connectivity index (χ4v) is 4.71. The summed E-state index contributed by atoms with van der Waals surface area (Å²) in [6.07, 6.45) is 6.09. The number of aromatic nitrogens is 1. The molecule has 0 aromatic carbocycles. The van der Waals surface area contributed by atoms with E-state index in [2.05, 4.69) is 31.6 Å². The summed E-state index contributed by atoms with van der Waals surface area (Å²) in [5, 5.41) is 4.30. The second kappa shape index (κ2) is 6.93. The van der Waals surface area contributed by atoms with Gasteiger partial charge in [-0.3, -0.25) is 4.79 Å². The Labute approximate surface area is 147 Å². The van der Waals surface area contributed by atoms with Gasteiger partial charge in [0.2, 0.25) is 5.91 Å². The molecular formula is C19H23N3OS. The van der Waals surface area contributed by atoms with Gasteiger partial charge in [-0.2, -0.15) is 11.3 Å². The summed E-state index contributed by atoms with van der Waals surface area (Å²) in [5.74, 6) is 1.43. The number of pyridine rings is 1. The number of thiophene rings is 1. The molecule has 0 aliphatic carbocycles. The number of likely N-dealkylation sites (tertiary alicyclic amines) is 1. The van der Waals surface area contributed by atoms with E-state index in [4.69, 9.17) is 0 Å². The molecule has 2 unspecified atom stereocenters. The van der Waals surface area contributed by atoms with Crippen LogP contribution in [0.2, 0.25) is 0 Å². The van der Waals surface area contributed by atoms with Crippen molar-refractivity contribution in [1.29, 1.82) is 0 Å². The van der Waals surface area contributed by atoms with Gasteiger partial charge >= 0.3 is 0 Å². The Hall–Kier alpha value is -1.88. The maximum absolute atomic E-state index is 13.2. The minimum Gasteiger partial charge on any atom is -0.356 e. The molecule has 0 saturated carbocycles. The molecule has 4 nitrogen and oxygen atoms in total. The molecule has 4 rings (SSSR count). The van der Waals surface area contributed by atoms with Crippen molar-refractivity contribution in [2.75, 3.05) is 24.5 Å². The van der Waals surface area contributed by atoms with Crippen molar-refractivity contribution in [2.45, 2.75) is 31.7 Å². The molecule has 2 aliphatic heterocycles. The van der Waals surface area contributed by atoms with Gasteiger partial charge in [-0.05, 0) is 60.2 Å². The van der Waals surface area contributed by atoms with Crippen LogP contribution in [0.25, 0.3) is 0 Å². The van der Waals surface area contributed by atoms with Gasteiger partial charge in [-0.15, -0.1) is 0 Å². The number of hydrogen-bond donors (Lipinski definition) is 0. The zero-order valence-electron chi connectivity index (χ0n) is 13.8. The van der Waals surface area contributed by atoms with Gasteiger partial charge in [-0.25, -0.2) is 4.98 Å². The second-order valence-electron chi connectivity index (χ2n) is 6.72. The summed E-state index contributed by atoms with van der Waals surface area (Å²) in [6.45, 7) is 2.69. The summed E-state index contributed by atoms with van der Waals surface area (Å²) in [4.78, 5) is 22.0. The van der Waals surface area contributed by atoms with Crippen molar-refractivity contribution in [3.63, 3.8) is 0 Å². The largest absolute Gasteiger partial charge is 0.356 e. The highest BCUT2D eigenvalue weighted by Crippen LogP contribution is 2.35. The molecule has 2 aromatic rings. The molecule has 4 heterocycles. The topological polar surface area (TPSA) is 36.4 Å². The average molecular weight is 341 g/mol. The Morgan fingerprint density at radius 1 is 1.17 bits per heavy atom. The summed E-state index contributed by atoms with van der Waals surface area (Å²) in [7, 11) is 0. The van der Waals surface area contributed by atoms with E-state index in [1.54, 1.807) is 11.3 Å². The van der Waals surface area contributed by atoms with Crippen molar-refractivity contribution >= 4 is 23.1 Å². The van der Waals surface area contributed by atoms with Crippen LogP contribution in [0.3, 0.4) is 0 Å². The molecule has 126 valence electrons. The lowest BCUT2D eigenvalue weighted by molar-refractivity contribution is -0.136. The van der Waals surface area contributed by atoms with E-state index in [1.165, 1.54) is 5.56 Å². The van der Waals surface area contributed by atoms with E-state index in [0.717, 1.165) is 51.1 Å². The van der Waals surface area contributed by atoms with Crippen molar-refractivity contribution in [2.24, 2.45) is 5.92 Å². The fourth-order valence-electron chi connectivity index (χ4n) is 4.00. The molecule has 2 aromatic heterocycles. The van der Waals surface area contributed by atoms with Gasteiger partial charge in [0.15, 0.2) is 0 Å². The molecule has 0 spiro atoms. The van der Waals surface area contributed by atoms with Crippen molar-refractivity contribution in [3.8, 4) is 0 Å². The number of rotatable bonds is 3. The Balaban J connectivity index is 1.47. The van der Waals surface area contributed by atoms with E-state index < -0.39 is 0 Å². The van der Waals surface area contributed by atoms with Crippen LogP contribution in [-0.4, -0.2) is 35.4 Å². The van der Waals surface area contributed by atoms with Crippen LogP contribution in [-0.2, 0) is 4.79 Å². The van der Waals surface area contributed by atoms with Crippen molar-refractivity contribution < 1.29 is 4.79 Å². The van der Waals surface area contributed by atoms with Gasteiger partial charge in [0, 0.05) is 25.8 Å². The number of nitrogens with zero attached hydrogens (tertiary/aromatic N) is 3. The first kappa shape index (κ1) is 15.6. The third-order valence-corrected chi connectivity index (χ3v) is 5.91. The maximum atomic E-state index is 13.2. The van der Waals surface area contributed by atoms with Crippen LogP contribution in [0.4, 0.5) is 5.82 Å². The predicted octanol–water partition coefficient (Wildman–Crippen LogP) is 3.72. The molecule has 2 fully saturated rings. The zero-order chi connectivity index (χ0) is 16.4. The standard InChI is InChI=1S/C19H23N3OS/c23-19(22-11-4-6-17(22)16-8-12-24-14-16)15-5-3-10-21(13-15)18-7-1-2-9-20-18/h1-2,7-9,12,14-15,17H,3-6,10-11,13H2. The highest BCUT2D eigenvalue weighted by molar-refractivity contribution is 7.07. The van der Waals surface area contributed by atoms with E-state index in [0.29, 0.717) is 5.91 Å². The van der Waals surface area contributed by atoms with E-state index in [9.17, 15) is 4.79 Å². The van der Waals surface area contributed by atoms with E-state index in [1.807, 2.05) is 24.4 Å². The quantitative estimate of drug-likeness (QED) is 0.854. The normalized spacial score (nSPS) is 24.3. The summed E-state index contributed by atoms with van der Waals surface area (Å²) >= 11 is 1.72. The first-order valence-corrected chi connectivity index (χ1v) is 9.76. The zero-order valence-corrected chi connectivity index (χ0v) is 14.6. The summed E-state index contributed by atoms with van der Waals surface area (Å²) in [5.41, 5.74) is 1.31. The first-order chi connectivity index (χ1) is 11.8. The van der Waals surface area contributed by atoms with Crippen LogP contribution >= 0.6 is 11.3 Å². The Bertz CT molecular complexity index is 673. The van der Waals surface area contributed by atoms with E-state index in [-0.39, 0.29) is 12.0 Å². The number of piperidine rings is 1. The molecular weight excluding hydrogens is 318 g/mol. The highest BCUT2D eigenvalue weighted by atomic mass is 32.1.